The number of guanidine groups is 1. The molecule has 218 valence electrons. The van der Waals surface area contributed by atoms with Gasteiger partial charge in [0, 0.05) is 15.6 Å². The molecular formula is C26H30Cl2F3N5O4. The van der Waals surface area contributed by atoms with Gasteiger partial charge in [0.1, 0.15) is 20.0 Å². The summed E-state index contributed by atoms with van der Waals surface area (Å²) in [4.78, 5) is 41.6. The normalized spacial score (nSPS) is 11.8. The zero-order chi connectivity index (χ0) is 29.9. The third kappa shape index (κ3) is 9.91. The standard InChI is InChI=1S/C26H30Cl2F3N5O4/c1-2-40-23(38)9-21(16-5-18(27)8-19(28)6-16)36-22(37)11-34-24(39)17-3-15(4-20(7-17)35-25(32)33)10-26(12-29,13-30)14-31/h3-8,21H,2,9-14H2,1H3,(H,34,39)(H,36,37)(H4,32,33,35). The van der Waals surface area contributed by atoms with Crippen molar-refractivity contribution in [3.05, 3.63) is 63.1 Å². The van der Waals surface area contributed by atoms with Gasteiger partial charge in [0.2, 0.25) is 5.91 Å². The van der Waals surface area contributed by atoms with Crippen molar-refractivity contribution in [3.8, 4) is 0 Å². The maximum atomic E-state index is 13.5. The summed E-state index contributed by atoms with van der Waals surface area (Å²) >= 11 is 12.1. The number of amides is 2. The van der Waals surface area contributed by atoms with Gasteiger partial charge in [0.05, 0.1) is 36.7 Å². The van der Waals surface area contributed by atoms with Crippen LogP contribution in [0.4, 0.5) is 18.9 Å². The first-order valence-corrected chi connectivity index (χ1v) is 12.8. The molecule has 0 saturated carbocycles. The van der Waals surface area contributed by atoms with Gasteiger partial charge in [-0.3, -0.25) is 27.6 Å². The molecule has 0 aromatic heterocycles. The molecular weight excluding hydrogens is 574 g/mol. The Hall–Kier alpha value is -3.51. The van der Waals surface area contributed by atoms with Crippen LogP contribution in [-0.4, -0.2) is 56.9 Å². The highest BCUT2D eigenvalue weighted by atomic mass is 35.5. The second kappa shape index (κ2) is 15.3. The fraction of sp³-hybridized carbons (Fsp3) is 0.385. The van der Waals surface area contributed by atoms with Crippen LogP contribution >= 0.6 is 23.2 Å². The second-order valence-corrected chi connectivity index (χ2v) is 9.89. The number of benzene rings is 2. The average molecular weight is 604 g/mol. The molecule has 2 rings (SSSR count). The van der Waals surface area contributed by atoms with Crippen LogP contribution in [0.2, 0.25) is 10.0 Å². The molecule has 0 saturated heterocycles. The van der Waals surface area contributed by atoms with Crippen molar-refractivity contribution in [1.82, 2.24) is 10.6 Å². The summed E-state index contributed by atoms with van der Waals surface area (Å²) < 4.78 is 45.3. The molecule has 0 aliphatic carbocycles. The van der Waals surface area contributed by atoms with Crippen molar-refractivity contribution in [2.75, 3.05) is 33.2 Å². The zero-order valence-corrected chi connectivity index (χ0v) is 23.1. The van der Waals surface area contributed by atoms with Gasteiger partial charge in [-0.2, -0.15) is 0 Å². The van der Waals surface area contributed by atoms with E-state index in [0.717, 1.165) is 0 Å². The topological polar surface area (TPSA) is 149 Å². The molecule has 0 spiro atoms. The Kier molecular flexibility index (Phi) is 12.5. The predicted molar refractivity (Wildman–Crippen MR) is 147 cm³/mol. The number of nitrogens with zero attached hydrogens (tertiary/aromatic N) is 1. The number of hydrogen-bond donors (Lipinski definition) is 4. The largest absolute Gasteiger partial charge is 0.466 e. The van der Waals surface area contributed by atoms with Crippen LogP contribution in [0.3, 0.4) is 0 Å². The third-order valence-corrected chi connectivity index (χ3v) is 6.07. The van der Waals surface area contributed by atoms with Crippen LogP contribution in [0, 0.1) is 5.41 Å². The Morgan fingerprint density at radius 2 is 1.62 bits per heavy atom. The molecule has 1 atom stereocenters. The van der Waals surface area contributed by atoms with Gasteiger partial charge in [-0.05, 0) is 60.9 Å². The number of nitrogens with one attached hydrogen (secondary N) is 2. The molecule has 1 unspecified atom stereocenters. The molecule has 40 heavy (non-hydrogen) atoms. The molecule has 14 heteroatoms. The summed E-state index contributed by atoms with van der Waals surface area (Å²) in [5.74, 6) is -2.33. The summed E-state index contributed by atoms with van der Waals surface area (Å²) in [5, 5.41) is 5.62. The number of alkyl halides is 3. The van der Waals surface area contributed by atoms with E-state index >= 15 is 0 Å². The van der Waals surface area contributed by atoms with Crippen molar-refractivity contribution < 1.29 is 32.3 Å². The highest BCUT2D eigenvalue weighted by Gasteiger charge is 2.32. The summed E-state index contributed by atoms with van der Waals surface area (Å²) in [6.07, 6.45) is -0.601. The lowest BCUT2D eigenvalue weighted by Gasteiger charge is -2.24. The number of aliphatic imine (C=N–C) groups is 1. The van der Waals surface area contributed by atoms with Crippen LogP contribution in [0.25, 0.3) is 0 Å². The minimum absolute atomic E-state index is 0.0412. The van der Waals surface area contributed by atoms with Crippen LogP contribution in [-0.2, 0) is 20.7 Å². The highest BCUT2D eigenvalue weighted by Crippen LogP contribution is 2.29. The number of nitrogens with two attached hydrogens (primary N) is 2. The Balaban J connectivity index is 2.23. The van der Waals surface area contributed by atoms with Crippen LogP contribution < -0.4 is 22.1 Å². The maximum Gasteiger partial charge on any atom is 0.308 e. The van der Waals surface area contributed by atoms with Crippen LogP contribution in [0.5, 0.6) is 0 Å². The van der Waals surface area contributed by atoms with Crippen molar-refractivity contribution in [1.29, 1.82) is 0 Å². The lowest BCUT2D eigenvalue weighted by Crippen LogP contribution is -2.39. The summed E-state index contributed by atoms with van der Waals surface area (Å²) in [6.45, 7) is -2.54. The van der Waals surface area contributed by atoms with E-state index in [1.54, 1.807) is 6.92 Å². The predicted octanol–water partition coefficient (Wildman–Crippen LogP) is 3.88. The van der Waals surface area contributed by atoms with Gasteiger partial charge in [0.25, 0.3) is 5.91 Å². The molecule has 0 aliphatic heterocycles. The van der Waals surface area contributed by atoms with E-state index < -0.39 is 55.8 Å². The van der Waals surface area contributed by atoms with E-state index in [9.17, 15) is 27.6 Å². The number of rotatable bonds is 14. The molecule has 0 fully saturated rings. The fourth-order valence-electron chi connectivity index (χ4n) is 3.73. The van der Waals surface area contributed by atoms with Gasteiger partial charge in [-0.1, -0.05) is 23.2 Å². The van der Waals surface area contributed by atoms with Gasteiger partial charge < -0.3 is 26.8 Å². The van der Waals surface area contributed by atoms with Gasteiger partial charge in [-0.25, -0.2) is 4.99 Å². The van der Waals surface area contributed by atoms with Gasteiger partial charge in [-0.15, -0.1) is 0 Å². The van der Waals surface area contributed by atoms with E-state index in [0.29, 0.717) is 5.56 Å². The molecule has 2 aromatic rings. The first kappa shape index (κ1) is 32.7. The van der Waals surface area contributed by atoms with E-state index in [2.05, 4.69) is 15.6 Å². The number of ether oxygens (including phenoxy) is 1. The van der Waals surface area contributed by atoms with Crippen LogP contribution in [0.1, 0.15) is 40.9 Å². The Bertz CT molecular complexity index is 1210. The molecule has 0 radical (unpaired) electrons. The summed E-state index contributed by atoms with van der Waals surface area (Å²) in [6, 6.07) is 7.63. The van der Waals surface area contributed by atoms with E-state index in [4.69, 9.17) is 39.4 Å². The fourth-order valence-corrected chi connectivity index (χ4v) is 4.27. The first-order valence-electron chi connectivity index (χ1n) is 12.0. The monoisotopic (exact) mass is 603 g/mol. The maximum absolute atomic E-state index is 13.5. The zero-order valence-electron chi connectivity index (χ0n) is 21.6. The Morgan fingerprint density at radius 1 is 1.00 bits per heavy atom. The molecule has 2 aromatic carbocycles. The Morgan fingerprint density at radius 3 is 2.17 bits per heavy atom. The van der Waals surface area contributed by atoms with Crippen LogP contribution in [0.15, 0.2) is 41.4 Å². The van der Waals surface area contributed by atoms with E-state index in [1.807, 2.05) is 0 Å². The number of halogens is 5. The number of hydrogen-bond acceptors (Lipinski definition) is 5. The minimum Gasteiger partial charge on any atom is -0.466 e. The van der Waals surface area contributed by atoms with Crippen molar-refractivity contribution in [3.63, 3.8) is 0 Å². The van der Waals surface area contributed by atoms with Crippen molar-refractivity contribution in [2.45, 2.75) is 25.8 Å². The molecule has 9 nitrogen and oxygen atoms in total. The van der Waals surface area contributed by atoms with Gasteiger partial charge >= 0.3 is 5.97 Å². The lowest BCUT2D eigenvalue weighted by atomic mass is 9.85. The number of carbonyl (C=O) groups is 3. The quantitative estimate of drug-likeness (QED) is 0.146. The molecule has 2 amide bonds. The van der Waals surface area contributed by atoms with Crippen molar-refractivity contribution in [2.24, 2.45) is 21.9 Å². The first-order chi connectivity index (χ1) is 18.9. The Labute approximate surface area is 239 Å². The molecule has 0 aliphatic rings. The average Bonchev–Trinajstić information content (AvgIpc) is 2.89. The van der Waals surface area contributed by atoms with E-state index in [1.165, 1.54) is 36.4 Å². The minimum atomic E-state index is -1.92. The summed E-state index contributed by atoms with van der Waals surface area (Å²) in [5.41, 5.74) is 9.61. The van der Waals surface area contributed by atoms with Gasteiger partial charge in [0.15, 0.2) is 5.96 Å². The summed E-state index contributed by atoms with van der Waals surface area (Å²) in [7, 11) is 0. The van der Waals surface area contributed by atoms with E-state index in [-0.39, 0.29) is 52.3 Å². The third-order valence-electron chi connectivity index (χ3n) is 5.64. The smallest absolute Gasteiger partial charge is 0.308 e. The second-order valence-electron chi connectivity index (χ2n) is 9.02. The highest BCUT2D eigenvalue weighted by molar-refractivity contribution is 6.34. The number of esters is 1. The SMILES string of the molecule is CCOC(=O)CC(NC(=O)CNC(=O)c1cc(CC(CF)(CF)CF)cc(N=C(N)N)c1)c1cc(Cl)cc(Cl)c1. The molecule has 0 bridgehead atoms. The number of carbonyl (C=O) groups excluding carboxylic acids is 3. The molecule has 0 heterocycles. The lowest BCUT2D eigenvalue weighted by molar-refractivity contribution is -0.143. The molecule has 6 N–H and O–H groups in total. The van der Waals surface area contributed by atoms with Crippen molar-refractivity contribution >= 4 is 52.6 Å².